The molecule has 0 unspecified atom stereocenters. The van der Waals surface area contributed by atoms with Crippen molar-refractivity contribution in [2.45, 2.75) is 32.7 Å². The first kappa shape index (κ1) is 14.1. The SMILES string of the molecule is CCN(C)c1cc(N2CCC(NC)CC2)nc(C)n1. The standard InChI is InChI=1S/C14H25N5/c1-5-18(4)13-10-14(17-11(2)16-13)19-8-6-12(15-3)7-9-19/h10,12,15H,5-9H2,1-4H3. The van der Waals surface area contributed by atoms with Gasteiger partial charge in [-0.25, -0.2) is 9.97 Å². The van der Waals surface area contributed by atoms with Crippen molar-refractivity contribution in [1.29, 1.82) is 0 Å². The Labute approximate surface area is 116 Å². The van der Waals surface area contributed by atoms with Crippen LogP contribution in [0.5, 0.6) is 0 Å². The quantitative estimate of drug-likeness (QED) is 0.890. The normalized spacial score (nSPS) is 16.7. The van der Waals surface area contributed by atoms with Crippen LogP contribution in [0.25, 0.3) is 0 Å². The largest absolute Gasteiger partial charge is 0.360 e. The Morgan fingerprint density at radius 3 is 2.63 bits per heavy atom. The van der Waals surface area contributed by atoms with E-state index in [1.165, 1.54) is 12.8 Å². The Balaban J connectivity index is 2.14. The Hall–Kier alpha value is -1.36. The molecule has 1 N–H and O–H groups in total. The molecule has 106 valence electrons. The maximum Gasteiger partial charge on any atom is 0.134 e. The minimum atomic E-state index is 0.650. The highest BCUT2D eigenvalue weighted by Crippen LogP contribution is 2.21. The third-order valence-corrected chi connectivity index (χ3v) is 3.90. The number of piperidine rings is 1. The van der Waals surface area contributed by atoms with Gasteiger partial charge >= 0.3 is 0 Å². The molecule has 0 spiro atoms. The summed E-state index contributed by atoms with van der Waals surface area (Å²) in [5, 5.41) is 3.36. The number of aryl methyl sites for hydroxylation is 1. The van der Waals surface area contributed by atoms with Gasteiger partial charge in [0.1, 0.15) is 17.5 Å². The summed E-state index contributed by atoms with van der Waals surface area (Å²) in [4.78, 5) is 13.6. The first-order chi connectivity index (χ1) is 9.13. The Kier molecular flexibility index (Phi) is 4.58. The second-order valence-corrected chi connectivity index (χ2v) is 5.20. The van der Waals surface area contributed by atoms with Crippen LogP contribution in [-0.4, -0.2) is 49.7 Å². The highest BCUT2D eigenvalue weighted by atomic mass is 15.2. The van der Waals surface area contributed by atoms with E-state index in [4.69, 9.17) is 0 Å². The highest BCUT2D eigenvalue weighted by molar-refractivity contribution is 5.50. The van der Waals surface area contributed by atoms with Gasteiger partial charge in [-0.2, -0.15) is 0 Å². The lowest BCUT2D eigenvalue weighted by Crippen LogP contribution is -2.41. The highest BCUT2D eigenvalue weighted by Gasteiger charge is 2.19. The molecule has 1 fully saturated rings. The van der Waals surface area contributed by atoms with E-state index in [1.807, 2.05) is 14.0 Å². The molecule has 0 aliphatic carbocycles. The molecule has 0 radical (unpaired) electrons. The van der Waals surface area contributed by atoms with Crippen LogP contribution < -0.4 is 15.1 Å². The van der Waals surface area contributed by atoms with Crippen molar-refractivity contribution in [3.05, 3.63) is 11.9 Å². The Bertz CT molecular complexity index is 412. The smallest absolute Gasteiger partial charge is 0.134 e. The molecule has 0 bridgehead atoms. The molecule has 0 saturated carbocycles. The zero-order valence-electron chi connectivity index (χ0n) is 12.5. The summed E-state index contributed by atoms with van der Waals surface area (Å²) in [6, 6.07) is 2.76. The minimum absolute atomic E-state index is 0.650. The van der Waals surface area contributed by atoms with Crippen LogP contribution in [-0.2, 0) is 0 Å². The molecule has 19 heavy (non-hydrogen) atoms. The summed E-state index contributed by atoms with van der Waals surface area (Å²) in [6.07, 6.45) is 2.36. The molecule has 1 aliphatic heterocycles. The van der Waals surface area contributed by atoms with Crippen LogP contribution >= 0.6 is 0 Å². The third kappa shape index (κ3) is 3.35. The van der Waals surface area contributed by atoms with Crippen LogP contribution in [0.1, 0.15) is 25.6 Å². The van der Waals surface area contributed by atoms with Gasteiger partial charge in [0.25, 0.3) is 0 Å². The fourth-order valence-electron chi connectivity index (χ4n) is 2.45. The van der Waals surface area contributed by atoms with E-state index < -0.39 is 0 Å². The first-order valence-corrected chi connectivity index (χ1v) is 7.13. The van der Waals surface area contributed by atoms with E-state index in [-0.39, 0.29) is 0 Å². The van der Waals surface area contributed by atoms with Gasteiger partial charge in [-0.3, -0.25) is 0 Å². The maximum atomic E-state index is 4.59. The van der Waals surface area contributed by atoms with Crippen molar-refractivity contribution in [3.8, 4) is 0 Å². The van der Waals surface area contributed by atoms with Crippen molar-refractivity contribution in [2.24, 2.45) is 0 Å². The molecule has 5 heteroatoms. The van der Waals surface area contributed by atoms with Crippen LogP contribution in [0.3, 0.4) is 0 Å². The molecule has 0 amide bonds. The lowest BCUT2D eigenvalue weighted by molar-refractivity contribution is 0.440. The predicted molar refractivity (Wildman–Crippen MR) is 80.0 cm³/mol. The molecule has 2 heterocycles. The van der Waals surface area contributed by atoms with Crippen molar-refractivity contribution in [1.82, 2.24) is 15.3 Å². The van der Waals surface area contributed by atoms with Crippen LogP contribution in [0.2, 0.25) is 0 Å². The number of aromatic nitrogens is 2. The third-order valence-electron chi connectivity index (χ3n) is 3.90. The van der Waals surface area contributed by atoms with E-state index in [0.717, 1.165) is 37.1 Å². The Morgan fingerprint density at radius 1 is 1.37 bits per heavy atom. The van der Waals surface area contributed by atoms with Gasteiger partial charge in [-0.05, 0) is 33.7 Å². The Morgan fingerprint density at radius 2 is 2.05 bits per heavy atom. The van der Waals surface area contributed by atoms with E-state index in [1.54, 1.807) is 0 Å². The van der Waals surface area contributed by atoms with Gasteiger partial charge in [0.15, 0.2) is 0 Å². The predicted octanol–water partition coefficient (Wildman–Crippen LogP) is 1.43. The molecule has 2 rings (SSSR count). The summed E-state index contributed by atoms with van der Waals surface area (Å²) < 4.78 is 0. The fourth-order valence-corrected chi connectivity index (χ4v) is 2.45. The summed E-state index contributed by atoms with van der Waals surface area (Å²) in [5.41, 5.74) is 0. The van der Waals surface area contributed by atoms with E-state index in [9.17, 15) is 0 Å². The molecular formula is C14H25N5. The molecule has 5 nitrogen and oxygen atoms in total. The average molecular weight is 263 g/mol. The second kappa shape index (κ2) is 6.19. The van der Waals surface area contributed by atoms with Crippen LogP contribution in [0, 0.1) is 6.92 Å². The van der Waals surface area contributed by atoms with E-state index >= 15 is 0 Å². The number of anilines is 2. The van der Waals surface area contributed by atoms with Gasteiger partial charge in [-0.1, -0.05) is 0 Å². The number of hydrogen-bond acceptors (Lipinski definition) is 5. The summed E-state index contributed by atoms with van der Waals surface area (Å²) in [6.45, 7) is 7.19. The van der Waals surface area contributed by atoms with Crippen molar-refractivity contribution in [2.75, 3.05) is 43.5 Å². The van der Waals surface area contributed by atoms with Crippen molar-refractivity contribution < 1.29 is 0 Å². The molecule has 1 aliphatic rings. The van der Waals surface area contributed by atoms with Gasteiger partial charge in [0, 0.05) is 38.8 Å². The molecule has 0 atom stereocenters. The monoisotopic (exact) mass is 263 g/mol. The summed E-state index contributed by atoms with van der Waals surface area (Å²) in [7, 11) is 4.11. The lowest BCUT2D eigenvalue weighted by atomic mass is 10.1. The zero-order chi connectivity index (χ0) is 13.8. The van der Waals surface area contributed by atoms with Crippen LogP contribution in [0.15, 0.2) is 6.07 Å². The summed E-state index contributed by atoms with van der Waals surface area (Å²) in [5.74, 6) is 2.93. The van der Waals surface area contributed by atoms with E-state index in [2.05, 4.69) is 45.1 Å². The number of nitrogens with zero attached hydrogens (tertiary/aromatic N) is 4. The maximum absolute atomic E-state index is 4.59. The van der Waals surface area contributed by atoms with Gasteiger partial charge in [-0.15, -0.1) is 0 Å². The lowest BCUT2D eigenvalue weighted by Gasteiger charge is -2.33. The van der Waals surface area contributed by atoms with Crippen LogP contribution in [0.4, 0.5) is 11.6 Å². The number of nitrogens with one attached hydrogen (secondary N) is 1. The molecule has 0 aromatic carbocycles. The topological polar surface area (TPSA) is 44.3 Å². The first-order valence-electron chi connectivity index (χ1n) is 7.13. The second-order valence-electron chi connectivity index (χ2n) is 5.20. The fraction of sp³-hybridized carbons (Fsp3) is 0.714. The summed E-state index contributed by atoms with van der Waals surface area (Å²) >= 11 is 0. The van der Waals surface area contributed by atoms with Gasteiger partial charge in [0.2, 0.25) is 0 Å². The molecular weight excluding hydrogens is 238 g/mol. The van der Waals surface area contributed by atoms with Gasteiger partial charge < -0.3 is 15.1 Å². The molecule has 1 aromatic heterocycles. The minimum Gasteiger partial charge on any atom is -0.360 e. The van der Waals surface area contributed by atoms with Crippen molar-refractivity contribution in [3.63, 3.8) is 0 Å². The molecule has 1 aromatic rings. The molecule has 1 saturated heterocycles. The average Bonchev–Trinajstić information content (AvgIpc) is 2.45. The number of rotatable bonds is 4. The number of hydrogen-bond donors (Lipinski definition) is 1. The zero-order valence-corrected chi connectivity index (χ0v) is 12.5. The van der Waals surface area contributed by atoms with Gasteiger partial charge in [0.05, 0.1) is 0 Å². The van der Waals surface area contributed by atoms with Crippen molar-refractivity contribution >= 4 is 11.6 Å². The van der Waals surface area contributed by atoms with E-state index in [0.29, 0.717) is 6.04 Å².